The van der Waals surface area contributed by atoms with Gasteiger partial charge in [0.05, 0.1) is 12.8 Å². The van der Waals surface area contributed by atoms with Crippen LogP contribution in [0.2, 0.25) is 0 Å². The van der Waals surface area contributed by atoms with Crippen LogP contribution in [0.1, 0.15) is 33.6 Å². The molecule has 1 heterocycles. The molecule has 0 aromatic carbocycles. The van der Waals surface area contributed by atoms with E-state index in [0.29, 0.717) is 38.0 Å². The molecule has 1 rings (SSSR count). The number of nitrogens with zero attached hydrogens (tertiary/aromatic N) is 1. The third kappa shape index (κ3) is 12.5. The van der Waals surface area contributed by atoms with Crippen LogP contribution in [-0.4, -0.2) is 43.8 Å². The van der Waals surface area contributed by atoms with Gasteiger partial charge in [0.1, 0.15) is 18.2 Å². The van der Waals surface area contributed by atoms with Crippen molar-refractivity contribution in [3.8, 4) is 5.75 Å². The van der Waals surface area contributed by atoms with Gasteiger partial charge in [-0.25, -0.2) is 10.8 Å². The van der Waals surface area contributed by atoms with E-state index in [2.05, 4.69) is 10.4 Å². The van der Waals surface area contributed by atoms with Crippen LogP contribution >= 0.6 is 0 Å². The van der Waals surface area contributed by atoms with Crippen molar-refractivity contribution in [3.63, 3.8) is 0 Å². The third-order valence-electron chi connectivity index (χ3n) is 2.47. The summed E-state index contributed by atoms with van der Waals surface area (Å²) in [6, 6.07) is 3.54. The molecule has 0 saturated carbocycles. The van der Waals surface area contributed by atoms with Crippen molar-refractivity contribution in [2.45, 2.75) is 33.6 Å². The minimum atomic E-state index is 0.0397. The van der Waals surface area contributed by atoms with Gasteiger partial charge < -0.3 is 19.6 Å². The van der Waals surface area contributed by atoms with Crippen molar-refractivity contribution >= 4 is 11.6 Å². The Hall–Kier alpha value is -1.70. The molecule has 0 saturated heterocycles. The van der Waals surface area contributed by atoms with Crippen molar-refractivity contribution in [1.82, 2.24) is 4.98 Å². The van der Waals surface area contributed by atoms with E-state index in [0.717, 1.165) is 12.8 Å². The van der Waals surface area contributed by atoms with Crippen LogP contribution in [0.5, 0.6) is 5.75 Å². The number of nitrogens with one attached hydrogen (secondary N) is 1. The molecule has 0 radical (unpaired) electrons. The monoisotopic (exact) mass is 327 g/mol. The first-order valence-electron chi connectivity index (χ1n) is 7.93. The summed E-state index contributed by atoms with van der Waals surface area (Å²) in [7, 11) is 0. The Morgan fingerprint density at radius 2 is 1.78 bits per heavy atom. The van der Waals surface area contributed by atoms with Crippen molar-refractivity contribution in [1.29, 1.82) is 0 Å². The van der Waals surface area contributed by atoms with Crippen LogP contribution in [0.4, 0.5) is 5.82 Å². The van der Waals surface area contributed by atoms with Crippen LogP contribution in [0.15, 0.2) is 18.3 Å². The number of nitrogens with two attached hydrogens (primary N) is 1. The standard InChI is InChI=1S/C14H23N3O4.C2H6/c1-12(18)11-20-8-2-6-19-7-3-9-21-13-4-5-14(17-15)16-10-13;1-2/h4-5,10H,2-3,6-9,11,15H2,1H3,(H,16,17);1-2H3. The number of hydrogen-bond acceptors (Lipinski definition) is 7. The van der Waals surface area contributed by atoms with Gasteiger partial charge in [-0.15, -0.1) is 0 Å². The van der Waals surface area contributed by atoms with Gasteiger partial charge in [-0.1, -0.05) is 13.8 Å². The maximum absolute atomic E-state index is 10.6. The second-order valence-corrected chi connectivity index (χ2v) is 4.45. The molecule has 23 heavy (non-hydrogen) atoms. The van der Waals surface area contributed by atoms with Gasteiger partial charge in [0, 0.05) is 26.2 Å². The zero-order valence-corrected chi connectivity index (χ0v) is 14.3. The predicted octanol–water partition coefficient (Wildman–Crippen LogP) is 2.17. The molecule has 0 aliphatic carbocycles. The van der Waals surface area contributed by atoms with Crippen molar-refractivity contribution in [2.24, 2.45) is 5.84 Å². The summed E-state index contributed by atoms with van der Waals surface area (Å²) < 4.78 is 16.1. The lowest BCUT2D eigenvalue weighted by Gasteiger charge is -2.07. The molecule has 3 N–H and O–H groups in total. The Morgan fingerprint density at radius 1 is 1.13 bits per heavy atom. The fourth-order valence-electron chi connectivity index (χ4n) is 1.48. The number of carbonyl (C=O) groups is 1. The minimum Gasteiger partial charge on any atom is -0.492 e. The number of aromatic nitrogens is 1. The molecule has 0 aliphatic rings. The lowest BCUT2D eigenvalue weighted by Crippen LogP contribution is -2.09. The normalized spacial score (nSPS) is 9.74. The molecule has 0 bridgehead atoms. The largest absolute Gasteiger partial charge is 0.492 e. The summed E-state index contributed by atoms with van der Waals surface area (Å²) in [5.41, 5.74) is 2.45. The highest BCUT2D eigenvalue weighted by Gasteiger charge is 1.97. The summed E-state index contributed by atoms with van der Waals surface area (Å²) in [5, 5.41) is 0. The predicted molar refractivity (Wildman–Crippen MR) is 90.4 cm³/mol. The van der Waals surface area contributed by atoms with Crippen molar-refractivity contribution in [3.05, 3.63) is 18.3 Å². The van der Waals surface area contributed by atoms with Gasteiger partial charge in [0.25, 0.3) is 0 Å². The number of Topliss-reactive ketones (excluding diaryl/α,β-unsaturated/α-hetero) is 1. The molecule has 0 amide bonds. The van der Waals surface area contributed by atoms with Gasteiger partial charge in [0.2, 0.25) is 0 Å². The maximum atomic E-state index is 10.6. The number of anilines is 1. The molecule has 0 unspecified atom stereocenters. The summed E-state index contributed by atoms with van der Waals surface area (Å²) in [5.74, 6) is 6.55. The second kappa shape index (κ2) is 15.2. The molecule has 0 fully saturated rings. The van der Waals surface area contributed by atoms with E-state index in [4.69, 9.17) is 20.1 Å². The first-order valence-corrected chi connectivity index (χ1v) is 7.93. The number of hydrogen-bond donors (Lipinski definition) is 2. The SMILES string of the molecule is CC.CC(=O)COCCCOCCCOc1ccc(NN)nc1. The zero-order valence-electron chi connectivity index (χ0n) is 14.3. The third-order valence-corrected chi connectivity index (χ3v) is 2.47. The molecule has 1 aromatic heterocycles. The molecule has 1 aromatic rings. The fraction of sp³-hybridized carbons (Fsp3) is 0.625. The lowest BCUT2D eigenvalue weighted by molar-refractivity contribution is -0.121. The maximum Gasteiger partial charge on any atom is 0.155 e. The highest BCUT2D eigenvalue weighted by Crippen LogP contribution is 2.11. The summed E-state index contributed by atoms with van der Waals surface area (Å²) >= 11 is 0. The second-order valence-electron chi connectivity index (χ2n) is 4.45. The smallest absolute Gasteiger partial charge is 0.155 e. The average Bonchev–Trinajstić information content (AvgIpc) is 2.58. The van der Waals surface area contributed by atoms with Crippen molar-refractivity contribution in [2.75, 3.05) is 38.5 Å². The number of rotatable bonds is 12. The molecule has 132 valence electrons. The Balaban J connectivity index is 0.00000232. The zero-order chi connectivity index (χ0) is 17.3. The van der Waals surface area contributed by atoms with Gasteiger partial charge in [-0.2, -0.15) is 0 Å². The summed E-state index contributed by atoms with van der Waals surface area (Å²) in [4.78, 5) is 14.7. The Morgan fingerprint density at radius 3 is 2.35 bits per heavy atom. The number of ether oxygens (including phenoxy) is 3. The summed E-state index contributed by atoms with van der Waals surface area (Å²) in [6.45, 7) is 8.05. The Labute approximate surface area is 138 Å². The van der Waals surface area contributed by atoms with E-state index >= 15 is 0 Å². The number of nitrogen functional groups attached to an aromatic ring is 1. The van der Waals surface area contributed by atoms with Crippen LogP contribution in [0.25, 0.3) is 0 Å². The quantitative estimate of drug-likeness (QED) is 0.345. The van der Waals surface area contributed by atoms with Gasteiger partial charge >= 0.3 is 0 Å². The van der Waals surface area contributed by atoms with Gasteiger partial charge in [-0.3, -0.25) is 4.79 Å². The molecule has 7 heteroatoms. The fourth-order valence-corrected chi connectivity index (χ4v) is 1.48. The van der Waals surface area contributed by atoms with Crippen LogP contribution < -0.4 is 16.0 Å². The average molecular weight is 327 g/mol. The van der Waals surface area contributed by atoms with E-state index < -0.39 is 0 Å². The molecule has 7 nitrogen and oxygen atoms in total. The van der Waals surface area contributed by atoms with Gasteiger partial charge in [0.15, 0.2) is 5.78 Å². The van der Waals surface area contributed by atoms with E-state index in [1.807, 2.05) is 13.8 Å². The van der Waals surface area contributed by atoms with E-state index in [1.54, 1.807) is 18.3 Å². The highest BCUT2D eigenvalue weighted by molar-refractivity contribution is 5.76. The first kappa shape index (κ1) is 21.3. The number of hydrazine groups is 1. The molecule has 0 aliphatic heterocycles. The van der Waals surface area contributed by atoms with E-state index in [1.165, 1.54) is 6.92 Å². The highest BCUT2D eigenvalue weighted by atomic mass is 16.5. The minimum absolute atomic E-state index is 0.0397. The van der Waals surface area contributed by atoms with E-state index in [9.17, 15) is 4.79 Å². The molecule has 0 spiro atoms. The van der Waals surface area contributed by atoms with Crippen LogP contribution in [0.3, 0.4) is 0 Å². The first-order chi connectivity index (χ1) is 11.2. The summed E-state index contributed by atoms with van der Waals surface area (Å²) in [6.07, 6.45) is 3.19. The number of carbonyl (C=O) groups excluding carboxylic acids is 1. The Bertz CT molecular complexity index is 399. The number of pyridine rings is 1. The van der Waals surface area contributed by atoms with Gasteiger partial charge in [-0.05, 0) is 25.5 Å². The molecular formula is C16H29N3O4. The Kier molecular flexibility index (Phi) is 14.1. The number of ketones is 1. The molecular weight excluding hydrogens is 298 g/mol. The lowest BCUT2D eigenvalue weighted by atomic mass is 10.4. The van der Waals surface area contributed by atoms with E-state index in [-0.39, 0.29) is 12.4 Å². The van der Waals surface area contributed by atoms with Crippen LogP contribution in [0, 0.1) is 0 Å². The topological polar surface area (TPSA) is 95.7 Å². The molecule has 0 atom stereocenters. The van der Waals surface area contributed by atoms with Crippen molar-refractivity contribution < 1.29 is 19.0 Å². The van der Waals surface area contributed by atoms with Crippen LogP contribution in [-0.2, 0) is 14.3 Å².